The number of thiazole rings is 1. The van der Waals surface area contributed by atoms with E-state index >= 15 is 0 Å². The van der Waals surface area contributed by atoms with E-state index in [1.807, 2.05) is 5.38 Å². The van der Waals surface area contributed by atoms with Gasteiger partial charge < -0.3 is 5.11 Å². The number of aryl methyl sites for hydroxylation is 1. The second-order valence-electron chi connectivity index (χ2n) is 4.22. The zero-order chi connectivity index (χ0) is 14.5. The fourth-order valence-electron chi connectivity index (χ4n) is 1.66. The van der Waals surface area contributed by atoms with E-state index < -0.39 is 11.8 Å². The van der Waals surface area contributed by atoms with E-state index in [2.05, 4.69) is 11.9 Å². The minimum absolute atomic E-state index is 0.292. The Balaban J connectivity index is 2.03. The topological polar surface area (TPSA) is 50.2 Å². The van der Waals surface area contributed by atoms with Gasteiger partial charge in [0.05, 0.1) is 16.3 Å². The van der Waals surface area contributed by atoms with Crippen molar-refractivity contribution in [2.75, 3.05) is 0 Å². The van der Waals surface area contributed by atoms with E-state index in [0.29, 0.717) is 5.75 Å². The zero-order valence-corrected chi connectivity index (χ0v) is 12.6. The van der Waals surface area contributed by atoms with Gasteiger partial charge in [0.2, 0.25) is 0 Å². The molecular formula is C14H14FNO2S2. The zero-order valence-electron chi connectivity index (χ0n) is 10.9. The fraction of sp³-hybridized carbons (Fsp3) is 0.286. The molecule has 0 spiro atoms. The van der Waals surface area contributed by atoms with Crippen molar-refractivity contribution in [3.63, 3.8) is 0 Å². The second-order valence-corrected chi connectivity index (χ2v) is 6.21. The van der Waals surface area contributed by atoms with Gasteiger partial charge in [0, 0.05) is 16.0 Å². The van der Waals surface area contributed by atoms with Crippen molar-refractivity contribution < 1.29 is 14.3 Å². The lowest BCUT2D eigenvalue weighted by molar-refractivity contribution is 0.0691. The molecule has 0 unspecified atom stereocenters. The Labute approximate surface area is 124 Å². The average molecular weight is 311 g/mol. The van der Waals surface area contributed by atoms with Crippen LogP contribution in [0.4, 0.5) is 4.39 Å². The van der Waals surface area contributed by atoms with Gasteiger partial charge in [0.25, 0.3) is 0 Å². The third-order valence-electron chi connectivity index (χ3n) is 2.62. The van der Waals surface area contributed by atoms with Crippen molar-refractivity contribution in [2.45, 2.75) is 30.4 Å². The maximum absolute atomic E-state index is 13.3. The molecule has 20 heavy (non-hydrogen) atoms. The van der Waals surface area contributed by atoms with E-state index in [4.69, 9.17) is 5.11 Å². The average Bonchev–Trinajstić information content (AvgIpc) is 2.86. The van der Waals surface area contributed by atoms with Crippen LogP contribution in [0.5, 0.6) is 0 Å². The van der Waals surface area contributed by atoms with Gasteiger partial charge in [-0.2, -0.15) is 0 Å². The maximum Gasteiger partial charge on any atom is 0.338 e. The SMILES string of the molecule is CCCc1nc(CSc2ccc(F)c(C(=O)O)c2)cs1. The Morgan fingerprint density at radius 2 is 2.30 bits per heavy atom. The molecule has 1 aromatic carbocycles. The monoisotopic (exact) mass is 311 g/mol. The molecule has 1 N–H and O–H groups in total. The molecule has 0 aliphatic carbocycles. The molecule has 1 heterocycles. The number of rotatable bonds is 6. The van der Waals surface area contributed by atoms with Gasteiger partial charge >= 0.3 is 5.97 Å². The van der Waals surface area contributed by atoms with Crippen LogP contribution in [0.15, 0.2) is 28.5 Å². The van der Waals surface area contributed by atoms with Crippen LogP contribution in [-0.2, 0) is 12.2 Å². The molecule has 0 aliphatic heterocycles. The molecule has 0 amide bonds. The number of halogens is 1. The number of aromatic nitrogens is 1. The van der Waals surface area contributed by atoms with Crippen molar-refractivity contribution >= 4 is 29.1 Å². The first-order valence-electron chi connectivity index (χ1n) is 6.19. The first kappa shape index (κ1) is 15.0. The Bertz CT molecular complexity index is 613. The number of carbonyl (C=O) groups is 1. The largest absolute Gasteiger partial charge is 0.478 e. The third kappa shape index (κ3) is 3.80. The summed E-state index contributed by atoms with van der Waals surface area (Å²) in [6.45, 7) is 2.11. The molecule has 0 saturated carbocycles. The molecule has 0 bridgehead atoms. The highest BCUT2D eigenvalue weighted by atomic mass is 32.2. The van der Waals surface area contributed by atoms with Gasteiger partial charge in [-0.25, -0.2) is 14.2 Å². The van der Waals surface area contributed by atoms with E-state index in [9.17, 15) is 9.18 Å². The molecule has 0 atom stereocenters. The summed E-state index contributed by atoms with van der Waals surface area (Å²) in [6, 6.07) is 4.14. The lowest BCUT2D eigenvalue weighted by Crippen LogP contribution is -2.00. The second kappa shape index (κ2) is 6.85. The highest BCUT2D eigenvalue weighted by Gasteiger charge is 2.11. The molecule has 2 aromatic rings. The molecule has 2 rings (SSSR count). The van der Waals surface area contributed by atoms with Crippen molar-refractivity contribution in [3.05, 3.63) is 45.7 Å². The van der Waals surface area contributed by atoms with Crippen LogP contribution in [0.2, 0.25) is 0 Å². The van der Waals surface area contributed by atoms with Crippen molar-refractivity contribution in [1.82, 2.24) is 4.98 Å². The summed E-state index contributed by atoms with van der Waals surface area (Å²) in [6.07, 6.45) is 2.05. The quantitative estimate of drug-likeness (QED) is 0.811. The molecule has 0 saturated heterocycles. The number of hydrogen-bond donors (Lipinski definition) is 1. The van der Waals surface area contributed by atoms with E-state index in [1.54, 1.807) is 17.4 Å². The predicted molar refractivity (Wildman–Crippen MR) is 79.0 cm³/mol. The summed E-state index contributed by atoms with van der Waals surface area (Å²) >= 11 is 3.10. The summed E-state index contributed by atoms with van der Waals surface area (Å²) in [4.78, 5) is 16.1. The molecule has 0 fully saturated rings. The number of benzene rings is 1. The summed E-state index contributed by atoms with van der Waals surface area (Å²) < 4.78 is 13.3. The molecule has 3 nitrogen and oxygen atoms in total. The summed E-state index contributed by atoms with van der Waals surface area (Å²) in [5.41, 5.74) is 0.685. The molecule has 106 valence electrons. The van der Waals surface area contributed by atoms with Gasteiger partial charge in [0.15, 0.2) is 0 Å². The number of aromatic carboxylic acids is 1. The van der Waals surface area contributed by atoms with Gasteiger partial charge in [-0.05, 0) is 31.0 Å². The van der Waals surface area contributed by atoms with Crippen molar-refractivity contribution in [3.8, 4) is 0 Å². The maximum atomic E-state index is 13.3. The lowest BCUT2D eigenvalue weighted by atomic mass is 10.2. The van der Waals surface area contributed by atoms with Crippen molar-refractivity contribution in [2.24, 2.45) is 0 Å². The molecule has 0 aliphatic rings. The van der Waals surface area contributed by atoms with Crippen molar-refractivity contribution in [1.29, 1.82) is 0 Å². The first-order chi connectivity index (χ1) is 9.60. The standard InChI is InChI=1S/C14H14FNO2S2/c1-2-3-13-16-9(8-20-13)7-19-10-4-5-12(15)11(6-10)14(17)18/h4-6,8H,2-3,7H2,1H3,(H,17,18). The lowest BCUT2D eigenvalue weighted by Gasteiger charge is -2.02. The van der Waals surface area contributed by atoms with Gasteiger partial charge in [-0.3, -0.25) is 0 Å². The molecule has 6 heteroatoms. The first-order valence-corrected chi connectivity index (χ1v) is 8.05. The minimum Gasteiger partial charge on any atom is -0.478 e. The van der Waals surface area contributed by atoms with Gasteiger partial charge in [-0.1, -0.05) is 6.92 Å². The Morgan fingerprint density at radius 1 is 1.50 bits per heavy atom. The van der Waals surface area contributed by atoms with Crippen LogP contribution in [0.25, 0.3) is 0 Å². The van der Waals surface area contributed by atoms with Crippen LogP contribution in [0, 0.1) is 5.82 Å². The number of thioether (sulfide) groups is 1. The Kier molecular flexibility index (Phi) is 5.14. The molecule has 1 aromatic heterocycles. The molecular weight excluding hydrogens is 297 g/mol. The molecule has 0 radical (unpaired) electrons. The van der Waals surface area contributed by atoms with Gasteiger partial charge in [-0.15, -0.1) is 23.1 Å². The van der Waals surface area contributed by atoms with E-state index in [-0.39, 0.29) is 5.56 Å². The van der Waals surface area contributed by atoms with Crippen LogP contribution >= 0.6 is 23.1 Å². The number of hydrogen-bond acceptors (Lipinski definition) is 4. The highest BCUT2D eigenvalue weighted by Crippen LogP contribution is 2.25. The predicted octanol–water partition coefficient (Wildman–Crippen LogP) is 4.23. The fourth-order valence-corrected chi connectivity index (χ4v) is 3.49. The Hall–Kier alpha value is -1.40. The third-order valence-corrected chi connectivity index (χ3v) is 4.60. The van der Waals surface area contributed by atoms with E-state index in [0.717, 1.165) is 28.4 Å². The highest BCUT2D eigenvalue weighted by molar-refractivity contribution is 7.98. The minimum atomic E-state index is -1.25. The summed E-state index contributed by atoms with van der Waals surface area (Å²) in [5.74, 6) is -1.30. The normalized spacial score (nSPS) is 10.7. The summed E-state index contributed by atoms with van der Waals surface area (Å²) in [7, 11) is 0. The smallest absolute Gasteiger partial charge is 0.338 e. The summed E-state index contributed by atoms with van der Waals surface area (Å²) in [5, 5.41) is 12.0. The van der Waals surface area contributed by atoms with Crippen LogP contribution < -0.4 is 0 Å². The van der Waals surface area contributed by atoms with E-state index in [1.165, 1.54) is 23.9 Å². The van der Waals surface area contributed by atoms with Crippen LogP contribution in [0.1, 0.15) is 34.4 Å². The van der Waals surface area contributed by atoms with Gasteiger partial charge in [0.1, 0.15) is 5.82 Å². The number of carboxylic acids is 1. The van der Waals surface area contributed by atoms with Crippen LogP contribution in [0.3, 0.4) is 0 Å². The number of nitrogens with zero attached hydrogens (tertiary/aromatic N) is 1. The number of carboxylic acid groups (broad SMARTS) is 1. The van der Waals surface area contributed by atoms with Crippen LogP contribution in [-0.4, -0.2) is 16.1 Å². The Morgan fingerprint density at radius 3 is 3.00 bits per heavy atom.